The van der Waals surface area contributed by atoms with Crippen LogP contribution in [0, 0.1) is 11.6 Å². The molecule has 27 heavy (non-hydrogen) atoms. The maximum atomic E-state index is 13.8. The Morgan fingerprint density at radius 2 is 1.93 bits per heavy atom. The van der Waals surface area contributed by atoms with Gasteiger partial charge in [-0.15, -0.1) is 10.2 Å². The Kier molecular flexibility index (Phi) is 5.16. The van der Waals surface area contributed by atoms with Crippen molar-refractivity contribution in [1.29, 1.82) is 0 Å². The number of aromatic nitrogens is 2. The summed E-state index contributed by atoms with van der Waals surface area (Å²) in [4.78, 5) is 12.2. The first kappa shape index (κ1) is 18.5. The zero-order valence-electron chi connectivity index (χ0n) is 14.8. The highest BCUT2D eigenvalue weighted by Gasteiger charge is 2.19. The Morgan fingerprint density at radius 1 is 1.19 bits per heavy atom. The maximum Gasteiger partial charge on any atom is 0.273 e. The molecule has 0 saturated heterocycles. The fraction of sp³-hybridized carbons (Fsp3) is 0.211. The largest absolute Gasteiger partial charge is 0.496 e. The van der Waals surface area contributed by atoms with Crippen molar-refractivity contribution in [2.45, 2.75) is 13.3 Å². The highest BCUT2D eigenvalue weighted by molar-refractivity contribution is 6.07. The Bertz CT molecular complexity index is 1020. The molecule has 0 saturated carbocycles. The van der Waals surface area contributed by atoms with Crippen LogP contribution in [-0.2, 0) is 0 Å². The number of carbonyl (C=O) groups excluding carboxylic acids is 1. The van der Waals surface area contributed by atoms with Crippen molar-refractivity contribution in [2.75, 3.05) is 19.4 Å². The van der Waals surface area contributed by atoms with Crippen molar-refractivity contribution < 1.29 is 18.3 Å². The highest BCUT2D eigenvalue weighted by Crippen LogP contribution is 2.37. The van der Waals surface area contributed by atoms with Gasteiger partial charge in [0.15, 0.2) is 17.3 Å². The van der Waals surface area contributed by atoms with Gasteiger partial charge in [0, 0.05) is 29.1 Å². The average Bonchev–Trinajstić information content (AvgIpc) is 2.68. The molecule has 1 heterocycles. The summed E-state index contributed by atoms with van der Waals surface area (Å²) in [5.41, 5.74) is 7.44. The monoisotopic (exact) mass is 372 g/mol. The number of nitrogens with zero attached hydrogens (tertiary/aromatic N) is 2. The van der Waals surface area contributed by atoms with Gasteiger partial charge in [-0.3, -0.25) is 4.79 Å². The van der Waals surface area contributed by atoms with Crippen molar-refractivity contribution in [3.05, 3.63) is 47.7 Å². The van der Waals surface area contributed by atoms with Gasteiger partial charge in [-0.05, 0) is 12.5 Å². The van der Waals surface area contributed by atoms with Crippen LogP contribution in [-0.4, -0.2) is 29.8 Å². The van der Waals surface area contributed by atoms with Gasteiger partial charge in [-0.2, -0.15) is 0 Å². The number of hydrogen-bond acceptors (Lipinski definition) is 5. The number of hydrogen-bond donors (Lipinski definition) is 2. The van der Waals surface area contributed by atoms with Crippen LogP contribution < -0.4 is 15.8 Å². The number of methoxy groups -OCH3 is 1. The number of fused-ring (bicyclic) bond motifs is 1. The van der Waals surface area contributed by atoms with Crippen LogP contribution >= 0.6 is 0 Å². The molecule has 0 atom stereocenters. The minimum absolute atomic E-state index is 0.0188. The molecule has 0 radical (unpaired) electrons. The fourth-order valence-electron chi connectivity index (χ4n) is 2.77. The fourth-order valence-corrected chi connectivity index (χ4v) is 2.77. The molecule has 6 nitrogen and oxygen atoms in total. The molecule has 0 aliphatic carbocycles. The lowest BCUT2D eigenvalue weighted by Gasteiger charge is -2.13. The van der Waals surface area contributed by atoms with E-state index >= 15 is 0 Å². The van der Waals surface area contributed by atoms with Gasteiger partial charge in [0.1, 0.15) is 11.3 Å². The lowest BCUT2D eigenvalue weighted by atomic mass is 10.00. The topological polar surface area (TPSA) is 90.1 Å². The highest BCUT2D eigenvalue weighted by atomic mass is 19.2. The second-order valence-electron chi connectivity index (χ2n) is 5.89. The summed E-state index contributed by atoms with van der Waals surface area (Å²) in [5.74, 6) is -2.30. The minimum atomic E-state index is -1.02. The molecule has 0 unspecified atom stereocenters. The SMILES string of the molecule is CCCNC(=O)c1nnc2c(-c3cc(F)c(F)cc3OC)cccc2c1N. The predicted octanol–water partition coefficient (Wildman–Crippen LogP) is 3.31. The predicted molar refractivity (Wildman–Crippen MR) is 98.5 cm³/mol. The molecule has 3 N–H and O–H groups in total. The summed E-state index contributed by atoms with van der Waals surface area (Å²) in [6, 6.07) is 7.04. The van der Waals surface area contributed by atoms with E-state index in [-0.39, 0.29) is 17.1 Å². The standard InChI is InChI=1S/C19H18F2N4O2/c1-3-7-23-19(26)18-16(22)11-6-4-5-10(17(11)24-25-18)12-8-13(20)14(21)9-15(12)27-2/h4-6,8-9H,3,7H2,1-2H3,(H2,22,24)(H,23,26). The van der Waals surface area contributed by atoms with E-state index in [1.54, 1.807) is 18.2 Å². The maximum absolute atomic E-state index is 13.8. The third-order valence-corrected chi connectivity index (χ3v) is 4.11. The molecule has 0 bridgehead atoms. The number of nitrogen functional groups attached to an aromatic ring is 1. The summed E-state index contributed by atoms with van der Waals surface area (Å²) in [7, 11) is 1.36. The van der Waals surface area contributed by atoms with E-state index in [1.807, 2.05) is 6.92 Å². The zero-order chi connectivity index (χ0) is 19.6. The van der Waals surface area contributed by atoms with Crippen molar-refractivity contribution in [2.24, 2.45) is 0 Å². The van der Waals surface area contributed by atoms with Gasteiger partial charge in [0.25, 0.3) is 5.91 Å². The van der Waals surface area contributed by atoms with Crippen LogP contribution in [0.1, 0.15) is 23.8 Å². The quantitative estimate of drug-likeness (QED) is 0.717. The minimum Gasteiger partial charge on any atom is -0.496 e. The second-order valence-corrected chi connectivity index (χ2v) is 5.89. The number of carbonyl (C=O) groups is 1. The van der Waals surface area contributed by atoms with E-state index in [4.69, 9.17) is 10.5 Å². The van der Waals surface area contributed by atoms with E-state index in [9.17, 15) is 13.6 Å². The number of amides is 1. The second kappa shape index (κ2) is 7.53. The van der Waals surface area contributed by atoms with Crippen LogP contribution in [0.3, 0.4) is 0 Å². The van der Waals surface area contributed by atoms with Crippen molar-refractivity contribution in [1.82, 2.24) is 15.5 Å². The Balaban J connectivity index is 2.19. The first-order valence-corrected chi connectivity index (χ1v) is 8.34. The van der Waals surface area contributed by atoms with Gasteiger partial charge in [0.2, 0.25) is 0 Å². The Hall–Kier alpha value is -3.29. The lowest BCUT2D eigenvalue weighted by Crippen LogP contribution is -2.26. The molecule has 1 aromatic heterocycles. The van der Waals surface area contributed by atoms with E-state index in [0.29, 0.717) is 28.6 Å². The lowest BCUT2D eigenvalue weighted by molar-refractivity contribution is 0.0949. The van der Waals surface area contributed by atoms with E-state index in [1.165, 1.54) is 7.11 Å². The molecular formula is C19H18F2N4O2. The van der Waals surface area contributed by atoms with Gasteiger partial charge >= 0.3 is 0 Å². The van der Waals surface area contributed by atoms with Crippen LogP contribution in [0.15, 0.2) is 30.3 Å². The number of benzene rings is 2. The van der Waals surface area contributed by atoms with E-state index in [2.05, 4.69) is 15.5 Å². The molecule has 0 fully saturated rings. The van der Waals surface area contributed by atoms with Gasteiger partial charge in [0.05, 0.1) is 12.8 Å². The van der Waals surface area contributed by atoms with Crippen LogP contribution in [0.25, 0.3) is 22.0 Å². The summed E-state index contributed by atoms with van der Waals surface area (Å²) in [5, 5.41) is 11.2. The van der Waals surface area contributed by atoms with Gasteiger partial charge in [-0.1, -0.05) is 25.1 Å². The average molecular weight is 372 g/mol. The molecule has 0 aliphatic rings. The van der Waals surface area contributed by atoms with E-state index in [0.717, 1.165) is 18.6 Å². The molecule has 140 valence electrons. The van der Waals surface area contributed by atoms with Crippen molar-refractivity contribution >= 4 is 22.5 Å². The third kappa shape index (κ3) is 3.38. The Morgan fingerprint density at radius 3 is 2.63 bits per heavy atom. The summed E-state index contributed by atoms with van der Waals surface area (Å²) >= 11 is 0. The molecule has 2 aromatic carbocycles. The summed E-state index contributed by atoms with van der Waals surface area (Å²) < 4.78 is 32.5. The van der Waals surface area contributed by atoms with Crippen LogP contribution in [0.4, 0.5) is 14.5 Å². The number of anilines is 1. The van der Waals surface area contributed by atoms with E-state index < -0.39 is 17.5 Å². The molecular weight excluding hydrogens is 354 g/mol. The van der Waals surface area contributed by atoms with Crippen LogP contribution in [0.5, 0.6) is 5.75 Å². The number of ether oxygens (including phenoxy) is 1. The number of nitrogens with one attached hydrogen (secondary N) is 1. The zero-order valence-corrected chi connectivity index (χ0v) is 14.8. The van der Waals surface area contributed by atoms with Gasteiger partial charge in [-0.25, -0.2) is 8.78 Å². The number of rotatable bonds is 5. The normalized spacial score (nSPS) is 10.8. The molecule has 1 amide bonds. The number of halogens is 2. The molecule has 3 aromatic rings. The summed E-state index contributed by atoms with van der Waals surface area (Å²) in [6.07, 6.45) is 0.771. The van der Waals surface area contributed by atoms with Crippen molar-refractivity contribution in [3.8, 4) is 16.9 Å². The first-order valence-electron chi connectivity index (χ1n) is 8.34. The molecule has 8 heteroatoms. The smallest absolute Gasteiger partial charge is 0.273 e. The summed E-state index contributed by atoms with van der Waals surface area (Å²) in [6.45, 7) is 2.42. The van der Waals surface area contributed by atoms with Crippen molar-refractivity contribution in [3.63, 3.8) is 0 Å². The number of nitrogens with two attached hydrogens (primary N) is 1. The first-order chi connectivity index (χ1) is 13.0. The van der Waals surface area contributed by atoms with Crippen LogP contribution in [0.2, 0.25) is 0 Å². The van der Waals surface area contributed by atoms with Gasteiger partial charge < -0.3 is 15.8 Å². The Labute approximate surface area is 154 Å². The molecule has 3 rings (SSSR count). The molecule has 0 spiro atoms. The third-order valence-electron chi connectivity index (χ3n) is 4.11. The molecule has 0 aliphatic heterocycles.